The summed E-state index contributed by atoms with van der Waals surface area (Å²) in [5.74, 6) is 2.47. The van der Waals surface area contributed by atoms with Gasteiger partial charge in [0.15, 0.2) is 11.5 Å². The van der Waals surface area contributed by atoms with Crippen LogP contribution in [0.25, 0.3) is 0 Å². The van der Waals surface area contributed by atoms with Crippen molar-refractivity contribution in [1.29, 1.82) is 0 Å². The molecular formula is C23H28N2O3. The van der Waals surface area contributed by atoms with Gasteiger partial charge in [-0.25, -0.2) is 0 Å². The summed E-state index contributed by atoms with van der Waals surface area (Å²) >= 11 is 0. The van der Waals surface area contributed by atoms with Crippen molar-refractivity contribution in [2.24, 2.45) is 5.92 Å². The topological polar surface area (TPSA) is 50.8 Å². The van der Waals surface area contributed by atoms with Crippen molar-refractivity contribution in [2.45, 2.75) is 32.2 Å². The molecule has 0 aliphatic carbocycles. The van der Waals surface area contributed by atoms with Gasteiger partial charge in [-0.05, 0) is 68.1 Å². The van der Waals surface area contributed by atoms with Gasteiger partial charge < -0.3 is 14.8 Å². The van der Waals surface area contributed by atoms with Gasteiger partial charge >= 0.3 is 0 Å². The van der Waals surface area contributed by atoms with E-state index in [1.165, 1.54) is 5.56 Å². The maximum Gasteiger partial charge on any atom is 0.224 e. The molecular weight excluding hydrogens is 352 g/mol. The second-order valence-electron chi connectivity index (χ2n) is 7.65. The molecule has 2 aliphatic rings. The van der Waals surface area contributed by atoms with Gasteiger partial charge in [0.05, 0.1) is 0 Å². The molecule has 148 valence electrons. The second kappa shape index (κ2) is 9.11. The second-order valence-corrected chi connectivity index (χ2v) is 7.65. The number of piperidine rings is 1. The molecule has 4 rings (SSSR count). The molecule has 1 N–H and O–H groups in total. The lowest BCUT2D eigenvalue weighted by Crippen LogP contribution is -2.33. The van der Waals surface area contributed by atoms with Gasteiger partial charge in [-0.3, -0.25) is 9.69 Å². The van der Waals surface area contributed by atoms with E-state index in [1.807, 2.05) is 36.4 Å². The molecule has 0 unspecified atom stereocenters. The zero-order valence-corrected chi connectivity index (χ0v) is 16.2. The number of ether oxygens (including phenoxy) is 2. The van der Waals surface area contributed by atoms with Crippen molar-refractivity contribution in [3.05, 3.63) is 54.1 Å². The Morgan fingerprint density at radius 1 is 1.00 bits per heavy atom. The Labute approximate surface area is 166 Å². The molecule has 2 aliphatic heterocycles. The van der Waals surface area contributed by atoms with Gasteiger partial charge in [-0.15, -0.1) is 0 Å². The third-order valence-corrected chi connectivity index (χ3v) is 5.56. The fourth-order valence-electron chi connectivity index (χ4n) is 3.96. The van der Waals surface area contributed by atoms with Crippen LogP contribution in [0.2, 0.25) is 0 Å². The highest BCUT2D eigenvalue weighted by molar-refractivity contribution is 5.90. The molecule has 0 radical (unpaired) electrons. The molecule has 0 atom stereocenters. The van der Waals surface area contributed by atoms with Crippen molar-refractivity contribution in [2.75, 3.05) is 31.6 Å². The molecule has 0 spiro atoms. The molecule has 1 saturated heterocycles. The number of rotatable bonds is 6. The number of hydrogen-bond donors (Lipinski definition) is 1. The number of nitrogens with one attached hydrogen (secondary N) is 1. The number of amides is 1. The highest BCUT2D eigenvalue weighted by Crippen LogP contribution is 2.31. The molecule has 2 heterocycles. The van der Waals surface area contributed by atoms with Crippen LogP contribution in [0, 0.1) is 5.92 Å². The lowest BCUT2D eigenvalue weighted by Gasteiger charge is -2.32. The summed E-state index contributed by atoms with van der Waals surface area (Å²) in [6.07, 6.45) is 3.88. The fraction of sp³-hybridized carbons (Fsp3) is 0.435. The number of hydrogen-bond acceptors (Lipinski definition) is 4. The maximum atomic E-state index is 12.1. The van der Waals surface area contributed by atoms with E-state index in [-0.39, 0.29) is 5.91 Å². The third-order valence-electron chi connectivity index (χ3n) is 5.56. The summed E-state index contributed by atoms with van der Waals surface area (Å²) in [6.45, 7) is 4.36. The molecule has 0 aromatic heterocycles. The Balaban J connectivity index is 1.19. The maximum absolute atomic E-state index is 12.1. The zero-order chi connectivity index (χ0) is 19.2. The first-order valence-electron chi connectivity index (χ1n) is 10.2. The minimum absolute atomic E-state index is 0.116. The van der Waals surface area contributed by atoms with E-state index in [9.17, 15) is 4.79 Å². The van der Waals surface area contributed by atoms with Gasteiger partial charge in [0.1, 0.15) is 13.2 Å². The summed E-state index contributed by atoms with van der Waals surface area (Å²) < 4.78 is 11.3. The number of nitrogens with zero attached hydrogens (tertiary/aromatic N) is 1. The number of likely N-dealkylation sites (tertiary alicyclic amines) is 1. The highest BCUT2D eigenvalue weighted by atomic mass is 16.6. The predicted molar refractivity (Wildman–Crippen MR) is 110 cm³/mol. The van der Waals surface area contributed by atoms with E-state index in [0.29, 0.717) is 25.6 Å². The molecule has 1 amide bonds. The predicted octanol–water partition coefficient (Wildman–Crippen LogP) is 4.09. The summed E-state index contributed by atoms with van der Waals surface area (Å²) in [7, 11) is 0. The summed E-state index contributed by atoms with van der Waals surface area (Å²) in [5, 5.41) is 2.98. The van der Waals surface area contributed by atoms with Crippen molar-refractivity contribution in [3.63, 3.8) is 0 Å². The Kier molecular flexibility index (Phi) is 6.12. The molecule has 2 aromatic rings. The van der Waals surface area contributed by atoms with Crippen LogP contribution in [-0.4, -0.2) is 37.1 Å². The SMILES string of the molecule is O=C(CCC1CCN(Cc2ccc3c(c2)OCCO3)CC1)Nc1ccccc1. The van der Waals surface area contributed by atoms with E-state index < -0.39 is 0 Å². The number of para-hydroxylation sites is 1. The zero-order valence-electron chi connectivity index (χ0n) is 16.2. The van der Waals surface area contributed by atoms with Crippen LogP contribution in [0.15, 0.2) is 48.5 Å². The van der Waals surface area contributed by atoms with Gasteiger partial charge in [0, 0.05) is 18.7 Å². The number of carbonyl (C=O) groups is 1. The molecule has 5 nitrogen and oxygen atoms in total. The number of carbonyl (C=O) groups excluding carboxylic acids is 1. The van der Waals surface area contributed by atoms with Crippen LogP contribution in [-0.2, 0) is 11.3 Å². The average molecular weight is 380 g/mol. The van der Waals surface area contributed by atoms with Crippen molar-refractivity contribution >= 4 is 11.6 Å². The van der Waals surface area contributed by atoms with E-state index in [1.54, 1.807) is 0 Å². The molecule has 28 heavy (non-hydrogen) atoms. The van der Waals surface area contributed by atoms with E-state index in [4.69, 9.17) is 9.47 Å². The van der Waals surface area contributed by atoms with Gasteiger partial charge in [-0.2, -0.15) is 0 Å². The van der Waals surface area contributed by atoms with Crippen LogP contribution in [0.4, 0.5) is 5.69 Å². The third kappa shape index (κ3) is 5.04. The lowest BCUT2D eigenvalue weighted by atomic mass is 9.92. The van der Waals surface area contributed by atoms with Crippen molar-refractivity contribution in [3.8, 4) is 11.5 Å². The standard InChI is InChI=1S/C23H28N2O3/c26-23(24-20-4-2-1-3-5-20)9-7-18-10-12-25(13-11-18)17-19-6-8-21-22(16-19)28-15-14-27-21/h1-6,8,16,18H,7,9-15,17H2,(H,24,26). The van der Waals surface area contributed by atoms with Gasteiger partial charge in [0.25, 0.3) is 0 Å². The average Bonchev–Trinajstić information content (AvgIpc) is 2.74. The molecule has 2 aromatic carbocycles. The first kappa shape index (κ1) is 18.8. The van der Waals surface area contributed by atoms with E-state index in [2.05, 4.69) is 22.3 Å². The Morgan fingerprint density at radius 2 is 1.75 bits per heavy atom. The Hall–Kier alpha value is -2.53. The largest absolute Gasteiger partial charge is 0.486 e. The van der Waals surface area contributed by atoms with Crippen LogP contribution in [0.5, 0.6) is 11.5 Å². The van der Waals surface area contributed by atoms with E-state index >= 15 is 0 Å². The lowest BCUT2D eigenvalue weighted by molar-refractivity contribution is -0.116. The van der Waals surface area contributed by atoms with Crippen LogP contribution < -0.4 is 14.8 Å². The minimum atomic E-state index is 0.116. The first-order valence-corrected chi connectivity index (χ1v) is 10.2. The highest BCUT2D eigenvalue weighted by Gasteiger charge is 2.21. The molecule has 1 fully saturated rings. The summed E-state index contributed by atoms with van der Waals surface area (Å²) in [6, 6.07) is 15.9. The van der Waals surface area contributed by atoms with Gasteiger partial charge in [0.2, 0.25) is 5.91 Å². The number of anilines is 1. The Bertz CT molecular complexity index is 786. The minimum Gasteiger partial charge on any atom is -0.486 e. The number of benzene rings is 2. The van der Waals surface area contributed by atoms with Gasteiger partial charge in [-0.1, -0.05) is 24.3 Å². The van der Waals surface area contributed by atoms with E-state index in [0.717, 1.165) is 56.1 Å². The molecule has 5 heteroatoms. The van der Waals surface area contributed by atoms with Crippen molar-refractivity contribution in [1.82, 2.24) is 4.90 Å². The summed E-state index contributed by atoms with van der Waals surface area (Å²) in [5.41, 5.74) is 2.15. The molecule has 0 bridgehead atoms. The smallest absolute Gasteiger partial charge is 0.224 e. The van der Waals surface area contributed by atoms with Crippen LogP contribution >= 0.6 is 0 Å². The normalized spacial score (nSPS) is 17.3. The monoisotopic (exact) mass is 380 g/mol. The quantitative estimate of drug-likeness (QED) is 0.820. The van der Waals surface area contributed by atoms with Crippen LogP contribution in [0.3, 0.4) is 0 Å². The Morgan fingerprint density at radius 3 is 2.54 bits per heavy atom. The summed E-state index contributed by atoms with van der Waals surface area (Å²) in [4.78, 5) is 14.6. The fourth-order valence-corrected chi connectivity index (χ4v) is 3.96. The first-order chi connectivity index (χ1) is 13.8. The van der Waals surface area contributed by atoms with Crippen molar-refractivity contribution < 1.29 is 14.3 Å². The van der Waals surface area contributed by atoms with Crippen LogP contribution in [0.1, 0.15) is 31.2 Å². The molecule has 0 saturated carbocycles. The number of fused-ring (bicyclic) bond motifs is 1.